The minimum Gasteiger partial charge on any atom is -0.271 e. The molecule has 4 aliphatic rings. The Kier molecular flexibility index (Phi) is 2.25. The lowest BCUT2D eigenvalue weighted by Gasteiger charge is -2.64. The molecule has 0 amide bonds. The first kappa shape index (κ1) is 13.1. The average Bonchev–Trinajstić information content (AvgIpc) is 3.04. The van der Waals surface area contributed by atoms with E-state index in [4.69, 9.17) is 6.42 Å². The van der Waals surface area contributed by atoms with E-state index in [1.807, 2.05) is 24.3 Å². The Bertz CT molecular complexity index is 913. The van der Waals surface area contributed by atoms with E-state index >= 15 is 0 Å². The van der Waals surface area contributed by atoms with Gasteiger partial charge in [-0.3, -0.25) is 4.57 Å². The van der Waals surface area contributed by atoms with Gasteiger partial charge < -0.3 is 0 Å². The van der Waals surface area contributed by atoms with Crippen LogP contribution in [0.25, 0.3) is 0 Å². The highest BCUT2D eigenvalue weighted by Crippen LogP contribution is 2.66. The first-order valence-electron chi connectivity index (χ1n) is 8.00. The van der Waals surface area contributed by atoms with E-state index in [2.05, 4.69) is 11.0 Å². The number of alkyl halides is 1. The predicted molar refractivity (Wildman–Crippen MR) is 83.0 cm³/mol. The van der Waals surface area contributed by atoms with Crippen molar-refractivity contribution in [2.75, 3.05) is 0 Å². The van der Waals surface area contributed by atoms with Gasteiger partial charge in [0, 0.05) is 31.2 Å². The van der Waals surface area contributed by atoms with Crippen LogP contribution in [0.3, 0.4) is 0 Å². The van der Waals surface area contributed by atoms with E-state index in [9.17, 15) is 9.18 Å². The third kappa shape index (κ3) is 1.56. The fourth-order valence-electron chi connectivity index (χ4n) is 4.60. The van der Waals surface area contributed by atoms with Gasteiger partial charge in [-0.25, -0.2) is 13.9 Å². The molecule has 3 fully saturated rings. The van der Waals surface area contributed by atoms with Crippen molar-refractivity contribution >= 4 is 0 Å². The van der Waals surface area contributed by atoms with Gasteiger partial charge in [-0.15, -0.1) is 6.42 Å². The molecule has 5 heteroatoms. The third-order valence-electron chi connectivity index (χ3n) is 5.66. The molecule has 6 rings (SSSR count). The average molecular weight is 309 g/mol. The molecular formula is C18H16FN3O. The highest BCUT2D eigenvalue weighted by molar-refractivity contribution is 5.37. The molecule has 1 aromatic heterocycles. The highest BCUT2D eigenvalue weighted by Gasteiger charge is 2.71. The Hall–Kier alpha value is -2.35. The number of nitrogens with zero attached hydrogens (tertiary/aromatic N) is 3. The monoisotopic (exact) mass is 309 g/mol. The summed E-state index contributed by atoms with van der Waals surface area (Å²) in [5.74, 6) is 3.45. The van der Waals surface area contributed by atoms with Crippen LogP contribution < -0.4 is 5.69 Å². The Balaban J connectivity index is 1.57. The summed E-state index contributed by atoms with van der Waals surface area (Å²) in [5.41, 5.74) is 0.369. The van der Waals surface area contributed by atoms with Crippen LogP contribution in [0.1, 0.15) is 48.7 Å². The van der Waals surface area contributed by atoms with Crippen molar-refractivity contribution in [2.45, 2.75) is 49.4 Å². The maximum Gasteiger partial charge on any atom is 0.347 e. The topological polar surface area (TPSA) is 39.8 Å². The highest BCUT2D eigenvalue weighted by atomic mass is 19.1. The molecule has 0 saturated heterocycles. The third-order valence-corrected chi connectivity index (χ3v) is 5.66. The van der Waals surface area contributed by atoms with Gasteiger partial charge in [0.2, 0.25) is 0 Å². The molecule has 3 aliphatic carbocycles. The summed E-state index contributed by atoms with van der Waals surface area (Å²) in [6.45, 7) is 0. The standard InChI is InChI=1S/C18H16FN3O/c1-2-12-4-3-5-13(8-12)14-6-7-15-20-22(16(23)21(14)15)18-9-17(19,10-18)11-18/h1,3-5,8,14H,6-7,9-11H2. The molecule has 0 N–H and O–H groups in total. The lowest BCUT2D eigenvalue weighted by Crippen LogP contribution is -2.72. The van der Waals surface area contributed by atoms with E-state index < -0.39 is 5.67 Å². The van der Waals surface area contributed by atoms with E-state index in [-0.39, 0.29) is 17.3 Å². The van der Waals surface area contributed by atoms with Crippen molar-refractivity contribution in [3.05, 3.63) is 51.7 Å². The zero-order valence-corrected chi connectivity index (χ0v) is 12.6. The number of rotatable bonds is 2. The van der Waals surface area contributed by atoms with E-state index in [0.717, 1.165) is 29.8 Å². The van der Waals surface area contributed by atoms with Crippen LogP contribution in [0.2, 0.25) is 0 Å². The quantitative estimate of drug-likeness (QED) is 0.798. The van der Waals surface area contributed by atoms with Gasteiger partial charge in [0.1, 0.15) is 11.5 Å². The summed E-state index contributed by atoms with van der Waals surface area (Å²) < 4.78 is 17.1. The fraction of sp³-hybridized carbons (Fsp3) is 0.444. The number of benzene rings is 1. The van der Waals surface area contributed by atoms with Gasteiger partial charge >= 0.3 is 5.69 Å². The van der Waals surface area contributed by atoms with Crippen LogP contribution in [-0.2, 0) is 12.0 Å². The Labute approximate surface area is 132 Å². The second-order valence-corrected chi connectivity index (χ2v) is 7.21. The first-order chi connectivity index (χ1) is 11.0. The van der Waals surface area contributed by atoms with Crippen LogP contribution >= 0.6 is 0 Å². The minimum absolute atomic E-state index is 0.0220. The summed E-state index contributed by atoms with van der Waals surface area (Å²) in [6, 6.07) is 7.74. The van der Waals surface area contributed by atoms with E-state index in [1.165, 1.54) is 0 Å². The van der Waals surface area contributed by atoms with E-state index in [1.54, 1.807) is 9.25 Å². The molecule has 0 spiro atoms. The van der Waals surface area contributed by atoms with Gasteiger partial charge in [-0.05, 0) is 24.1 Å². The molecule has 0 radical (unpaired) electrons. The zero-order valence-electron chi connectivity index (χ0n) is 12.6. The Morgan fingerprint density at radius 1 is 1.35 bits per heavy atom. The maximum absolute atomic E-state index is 13.8. The summed E-state index contributed by atoms with van der Waals surface area (Å²) in [4.78, 5) is 12.9. The van der Waals surface area contributed by atoms with Gasteiger partial charge in [-0.2, -0.15) is 5.10 Å². The SMILES string of the molecule is C#Cc1cccc(C2CCc3nn(C45CC(F)(C4)C5)c(=O)n32)c1. The van der Waals surface area contributed by atoms with Crippen LogP contribution in [0, 0.1) is 12.3 Å². The molecule has 1 aromatic carbocycles. The van der Waals surface area contributed by atoms with Crippen LogP contribution in [0.5, 0.6) is 0 Å². The van der Waals surface area contributed by atoms with Gasteiger partial charge in [-0.1, -0.05) is 18.1 Å². The number of halogens is 1. The van der Waals surface area contributed by atoms with Gasteiger partial charge in [0.15, 0.2) is 0 Å². The molecule has 23 heavy (non-hydrogen) atoms. The molecule has 1 atom stereocenters. The number of hydrogen-bond acceptors (Lipinski definition) is 2. The van der Waals surface area contributed by atoms with Gasteiger partial charge in [0.25, 0.3) is 0 Å². The summed E-state index contributed by atoms with van der Waals surface area (Å²) in [6.07, 6.45) is 8.41. The van der Waals surface area contributed by atoms with Gasteiger partial charge in [0.05, 0.1) is 11.6 Å². The van der Waals surface area contributed by atoms with Crippen molar-refractivity contribution in [3.63, 3.8) is 0 Å². The van der Waals surface area contributed by atoms with Crippen molar-refractivity contribution in [3.8, 4) is 12.3 Å². The van der Waals surface area contributed by atoms with Crippen LogP contribution in [0.4, 0.5) is 4.39 Å². The molecule has 116 valence electrons. The molecule has 2 aromatic rings. The van der Waals surface area contributed by atoms with Crippen molar-refractivity contribution in [1.29, 1.82) is 0 Å². The van der Waals surface area contributed by atoms with E-state index in [0.29, 0.717) is 19.3 Å². The number of aryl methyl sites for hydroxylation is 1. The first-order valence-corrected chi connectivity index (χ1v) is 8.00. The van der Waals surface area contributed by atoms with Crippen LogP contribution in [-0.4, -0.2) is 20.0 Å². The lowest BCUT2D eigenvalue weighted by molar-refractivity contribution is -0.205. The molecule has 1 aliphatic heterocycles. The summed E-state index contributed by atoms with van der Waals surface area (Å²) >= 11 is 0. The fourth-order valence-corrected chi connectivity index (χ4v) is 4.60. The molecule has 1 unspecified atom stereocenters. The van der Waals surface area contributed by atoms with Crippen molar-refractivity contribution < 1.29 is 4.39 Å². The molecular weight excluding hydrogens is 293 g/mol. The normalized spacial score (nSPS) is 33.5. The second-order valence-electron chi connectivity index (χ2n) is 7.21. The Morgan fingerprint density at radius 2 is 2.13 bits per heavy atom. The second kappa shape index (κ2) is 3.94. The predicted octanol–water partition coefficient (Wildman–Crippen LogP) is 2.16. The molecule has 3 saturated carbocycles. The molecule has 4 nitrogen and oxygen atoms in total. The summed E-state index contributed by atoms with van der Waals surface area (Å²) in [7, 11) is 0. The maximum atomic E-state index is 13.8. The number of fused-ring (bicyclic) bond motifs is 1. The van der Waals surface area contributed by atoms with Crippen LogP contribution in [0.15, 0.2) is 29.1 Å². The minimum atomic E-state index is -1.03. The molecule has 2 bridgehead atoms. The van der Waals surface area contributed by atoms with Crippen molar-refractivity contribution in [2.24, 2.45) is 0 Å². The summed E-state index contributed by atoms with van der Waals surface area (Å²) in [5, 5.41) is 4.53. The molecule has 2 heterocycles. The lowest BCUT2D eigenvalue weighted by atomic mass is 9.47. The zero-order chi connectivity index (χ0) is 15.8. The smallest absolute Gasteiger partial charge is 0.271 e. The number of terminal acetylenes is 1. The number of hydrogen-bond donors (Lipinski definition) is 0. The Morgan fingerprint density at radius 3 is 2.83 bits per heavy atom. The van der Waals surface area contributed by atoms with Crippen molar-refractivity contribution in [1.82, 2.24) is 14.3 Å². The largest absolute Gasteiger partial charge is 0.347 e. The number of aromatic nitrogens is 3.